The molecule has 0 spiro atoms. The molecule has 0 bridgehead atoms. The van der Waals surface area contributed by atoms with Crippen LogP contribution in [0.3, 0.4) is 0 Å². The molecule has 1 atom stereocenters. The SMILES string of the molecule is CC1(C)CCC(COc2cc(F)cc(C#CCCl)c2)O1. The van der Waals surface area contributed by atoms with Crippen molar-refractivity contribution >= 4 is 11.6 Å². The first-order valence-electron chi connectivity index (χ1n) is 6.64. The molecule has 1 fully saturated rings. The van der Waals surface area contributed by atoms with Gasteiger partial charge in [-0.1, -0.05) is 11.8 Å². The van der Waals surface area contributed by atoms with E-state index in [4.69, 9.17) is 21.1 Å². The maximum Gasteiger partial charge on any atom is 0.128 e. The highest BCUT2D eigenvalue weighted by Crippen LogP contribution is 2.29. The van der Waals surface area contributed by atoms with Crippen LogP contribution in [0.15, 0.2) is 18.2 Å². The van der Waals surface area contributed by atoms with E-state index in [1.54, 1.807) is 6.07 Å². The summed E-state index contributed by atoms with van der Waals surface area (Å²) in [7, 11) is 0. The topological polar surface area (TPSA) is 18.5 Å². The highest BCUT2D eigenvalue weighted by atomic mass is 35.5. The normalized spacial score (nSPS) is 20.3. The highest BCUT2D eigenvalue weighted by Gasteiger charge is 2.31. The minimum atomic E-state index is -0.367. The minimum Gasteiger partial charge on any atom is -0.491 e. The first-order chi connectivity index (χ1) is 9.48. The zero-order valence-corrected chi connectivity index (χ0v) is 12.5. The van der Waals surface area contributed by atoms with E-state index in [0.717, 1.165) is 12.8 Å². The van der Waals surface area contributed by atoms with Crippen LogP contribution in [0.1, 0.15) is 32.3 Å². The van der Waals surface area contributed by atoms with E-state index in [-0.39, 0.29) is 23.4 Å². The van der Waals surface area contributed by atoms with Crippen molar-refractivity contribution in [2.45, 2.75) is 38.4 Å². The molecule has 0 aliphatic carbocycles. The lowest BCUT2D eigenvalue weighted by molar-refractivity contribution is -0.0326. The maximum atomic E-state index is 13.5. The van der Waals surface area contributed by atoms with Gasteiger partial charge in [0.05, 0.1) is 17.6 Å². The molecule has 1 heterocycles. The van der Waals surface area contributed by atoms with Crippen LogP contribution in [0.4, 0.5) is 4.39 Å². The second-order valence-corrected chi connectivity index (χ2v) is 5.73. The summed E-state index contributed by atoms with van der Waals surface area (Å²) in [4.78, 5) is 0. The van der Waals surface area contributed by atoms with Crippen molar-refractivity contribution in [1.82, 2.24) is 0 Å². The molecule has 0 aromatic heterocycles. The van der Waals surface area contributed by atoms with Crippen molar-refractivity contribution < 1.29 is 13.9 Å². The van der Waals surface area contributed by atoms with Gasteiger partial charge in [0.25, 0.3) is 0 Å². The largest absolute Gasteiger partial charge is 0.491 e. The predicted molar refractivity (Wildman–Crippen MR) is 77.7 cm³/mol. The van der Waals surface area contributed by atoms with Gasteiger partial charge in [-0.3, -0.25) is 0 Å². The van der Waals surface area contributed by atoms with Crippen molar-refractivity contribution in [3.05, 3.63) is 29.6 Å². The fraction of sp³-hybridized carbons (Fsp3) is 0.500. The van der Waals surface area contributed by atoms with Crippen LogP contribution in [0.2, 0.25) is 0 Å². The fourth-order valence-electron chi connectivity index (χ4n) is 2.24. The Balaban J connectivity index is 1.97. The average molecular weight is 297 g/mol. The molecule has 2 nitrogen and oxygen atoms in total. The molecule has 1 unspecified atom stereocenters. The van der Waals surface area contributed by atoms with Crippen LogP contribution in [-0.2, 0) is 4.74 Å². The Hall–Kier alpha value is -1.24. The third kappa shape index (κ3) is 4.40. The third-order valence-corrected chi connectivity index (χ3v) is 3.29. The summed E-state index contributed by atoms with van der Waals surface area (Å²) < 4.78 is 24.9. The monoisotopic (exact) mass is 296 g/mol. The predicted octanol–water partition coefficient (Wildman–Crippen LogP) is 3.75. The first-order valence-corrected chi connectivity index (χ1v) is 7.18. The minimum absolute atomic E-state index is 0.0608. The van der Waals surface area contributed by atoms with Gasteiger partial charge in [-0.05, 0) is 38.8 Å². The maximum absolute atomic E-state index is 13.5. The van der Waals surface area contributed by atoms with E-state index in [9.17, 15) is 4.39 Å². The molecule has 0 amide bonds. The lowest BCUT2D eigenvalue weighted by Gasteiger charge is -2.19. The summed E-state index contributed by atoms with van der Waals surface area (Å²) in [5.74, 6) is 5.80. The summed E-state index contributed by atoms with van der Waals surface area (Å²) in [6.45, 7) is 4.55. The Morgan fingerprint density at radius 3 is 2.90 bits per heavy atom. The van der Waals surface area contributed by atoms with Crippen molar-refractivity contribution in [2.75, 3.05) is 12.5 Å². The van der Waals surface area contributed by atoms with Crippen molar-refractivity contribution in [2.24, 2.45) is 0 Å². The van der Waals surface area contributed by atoms with E-state index < -0.39 is 0 Å². The standard InChI is InChI=1S/C16H18ClFO2/c1-16(2)6-5-14(20-16)11-19-15-9-12(4-3-7-17)8-13(18)10-15/h8-10,14H,5-7,11H2,1-2H3. The Morgan fingerprint density at radius 1 is 1.45 bits per heavy atom. The highest BCUT2D eigenvalue weighted by molar-refractivity contribution is 6.19. The molecule has 1 aliphatic heterocycles. The summed E-state index contributed by atoms with van der Waals surface area (Å²) in [6, 6.07) is 4.43. The molecule has 1 aromatic rings. The number of hydrogen-bond acceptors (Lipinski definition) is 2. The summed E-state index contributed by atoms with van der Waals surface area (Å²) in [6.07, 6.45) is 2.03. The molecule has 1 saturated heterocycles. The van der Waals surface area contributed by atoms with E-state index in [1.165, 1.54) is 12.1 Å². The number of ether oxygens (including phenoxy) is 2. The van der Waals surface area contributed by atoms with E-state index in [0.29, 0.717) is 17.9 Å². The Kier molecular flexibility index (Phi) is 4.91. The number of alkyl halides is 1. The van der Waals surface area contributed by atoms with Crippen molar-refractivity contribution in [1.29, 1.82) is 0 Å². The third-order valence-electron chi connectivity index (χ3n) is 3.16. The average Bonchev–Trinajstić information content (AvgIpc) is 2.73. The molecule has 1 aromatic carbocycles. The molecule has 4 heteroatoms. The molecule has 108 valence electrons. The summed E-state index contributed by atoms with van der Waals surface area (Å²) in [5.41, 5.74) is 0.473. The molecule has 20 heavy (non-hydrogen) atoms. The molecular weight excluding hydrogens is 279 g/mol. The van der Waals surface area contributed by atoms with Gasteiger partial charge in [0.1, 0.15) is 18.2 Å². The molecule has 0 radical (unpaired) electrons. The number of benzene rings is 1. The van der Waals surface area contributed by atoms with Crippen LogP contribution < -0.4 is 4.74 Å². The zero-order chi connectivity index (χ0) is 14.6. The molecule has 0 saturated carbocycles. The van der Waals surface area contributed by atoms with Gasteiger partial charge in [0.2, 0.25) is 0 Å². The Labute approximate surface area is 124 Å². The van der Waals surface area contributed by atoms with Crippen molar-refractivity contribution in [3.63, 3.8) is 0 Å². The second-order valence-electron chi connectivity index (χ2n) is 5.46. The molecule has 0 N–H and O–H groups in total. The van der Waals surface area contributed by atoms with Crippen LogP contribution in [0, 0.1) is 17.7 Å². The quantitative estimate of drug-likeness (QED) is 0.625. The van der Waals surface area contributed by atoms with Crippen LogP contribution in [0.25, 0.3) is 0 Å². The Morgan fingerprint density at radius 2 is 2.25 bits per heavy atom. The summed E-state index contributed by atoms with van der Waals surface area (Å²) >= 11 is 5.49. The lowest BCUT2D eigenvalue weighted by Crippen LogP contribution is -2.23. The van der Waals surface area contributed by atoms with Crippen molar-refractivity contribution in [3.8, 4) is 17.6 Å². The van der Waals surface area contributed by atoms with E-state index >= 15 is 0 Å². The van der Waals surface area contributed by atoms with Gasteiger partial charge in [-0.2, -0.15) is 0 Å². The van der Waals surface area contributed by atoms with Gasteiger partial charge in [0.15, 0.2) is 0 Å². The smallest absolute Gasteiger partial charge is 0.128 e. The number of hydrogen-bond donors (Lipinski definition) is 0. The van der Waals surface area contributed by atoms with Crippen LogP contribution in [0.5, 0.6) is 5.75 Å². The van der Waals surface area contributed by atoms with Crippen LogP contribution in [-0.4, -0.2) is 24.2 Å². The first kappa shape index (κ1) is 15.2. The lowest BCUT2D eigenvalue weighted by atomic mass is 10.1. The van der Waals surface area contributed by atoms with E-state index in [2.05, 4.69) is 25.7 Å². The van der Waals surface area contributed by atoms with Crippen LogP contribution >= 0.6 is 11.6 Å². The van der Waals surface area contributed by atoms with E-state index in [1.807, 2.05) is 0 Å². The van der Waals surface area contributed by atoms with Gasteiger partial charge in [-0.15, -0.1) is 11.6 Å². The summed E-state index contributed by atoms with van der Waals surface area (Å²) in [5, 5.41) is 0. The van der Waals surface area contributed by atoms with Gasteiger partial charge < -0.3 is 9.47 Å². The fourth-order valence-corrected chi connectivity index (χ4v) is 2.30. The number of rotatable bonds is 3. The second kappa shape index (κ2) is 6.47. The number of halogens is 2. The van der Waals surface area contributed by atoms with Gasteiger partial charge >= 0.3 is 0 Å². The molecule has 2 rings (SSSR count). The molecule has 1 aliphatic rings. The zero-order valence-electron chi connectivity index (χ0n) is 11.7. The van der Waals surface area contributed by atoms with Gasteiger partial charge in [0, 0.05) is 11.6 Å². The van der Waals surface area contributed by atoms with Gasteiger partial charge in [-0.25, -0.2) is 4.39 Å². The Bertz CT molecular complexity index is 531. The molecular formula is C16H18ClFO2.